The molecular formula is C9H16ClN3OS. The van der Waals surface area contributed by atoms with E-state index in [-0.39, 0.29) is 24.4 Å². The van der Waals surface area contributed by atoms with Crippen molar-refractivity contribution >= 4 is 29.7 Å². The predicted octanol–water partition coefficient (Wildman–Crippen LogP) is 1.10. The standard InChI is InChI=1S/C9H15N3OS.ClH/c1-6(9(13)10-3)11-4-8-5-12-7(2)14-8;/h5-6,11H,4H2,1-3H3,(H,10,13);1H/t6-;/m1./s1. The van der Waals surface area contributed by atoms with Gasteiger partial charge in [-0.25, -0.2) is 4.98 Å². The van der Waals surface area contributed by atoms with Crippen molar-refractivity contribution in [3.8, 4) is 0 Å². The Bertz CT molecular complexity index is 316. The van der Waals surface area contributed by atoms with E-state index in [0.717, 1.165) is 9.88 Å². The smallest absolute Gasteiger partial charge is 0.236 e. The van der Waals surface area contributed by atoms with E-state index in [0.29, 0.717) is 6.54 Å². The maximum Gasteiger partial charge on any atom is 0.236 e. The van der Waals surface area contributed by atoms with E-state index in [1.54, 1.807) is 18.4 Å². The molecule has 1 amide bonds. The summed E-state index contributed by atoms with van der Waals surface area (Å²) in [6.45, 7) is 4.50. The van der Waals surface area contributed by atoms with Crippen LogP contribution in [0.3, 0.4) is 0 Å². The second-order valence-corrected chi connectivity index (χ2v) is 4.38. The quantitative estimate of drug-likeness (QED) is 0.840. The molecule has 6 heteroatoms. The highest BCUT2D eigenvalue weighted by molar-refractivity contribution is 7.11. The molecule has 1 aromatic heterocycles. The summed E-state index contributed by atoms with van der Waals surface area (Å²) >= 11 is 1.64. The maximum atomic E-state index is 11.2. The van der Waals surface area contributed by atoms with E-state index in [9.17, 15) is 4.79 Å². The number of hydrogen-bond acceptors (Lipinski definition) is 4. The molecule has 0 aromatic carbocycles. The van der Waals surface area contributed by atoms with Crippen LogP contribution in [0.5, 0.6) is 0 Å². The van der Waals surface area contributed by atoms with Crippen molar-refractivity contribution in [3.05, 3.63) is 16.1 Å². The van der Waals surface area contributed by atoms with Gasteiger partial charge in [0.15, 0.2) is 0 Å². The van der Waals surface area contributed by atoms with Gasteiger partial charge in [0, 0.05) is 24.7 Å². The highest BCUT2D eigenvalue weighted by Crippen LogP contribution is 2.10. The number of thiazole rings is 1. The molecule has 1 atom stereocenters. The molecule has 1 rings (SSSR count). The molecule has 86 valence electrons. The van der Waals surface area contributed by atoms with Gasteiger partial charge >= 0.3 is 0 Å². The molecule has 0 bridgehead atoms. The minimum Gasteiger partial charge on any atom is -0.358 e. The van der Waals surface area contributed by atoms with Crippen LogP contribution >= 0.6 is 23.7 Å². The Kier molecular flexibility index (Phi) is 6.47. The third kappa shape index (κ3) is 4.59. The first-order valence-corrected chi connectivity index (χ1v) is 5.31. The van der Waals surface area contributed by atoms with Crippen LogP contribution in [0.4, 0.5) is 0 Å². The number of nitrogens with one attached hydrogen (secondary N) is 2. The number of amides is 1. The summed E-state index contributed by atoms with van der Waals surface area (Å²) in [7, 11) is 1.64. The first-order chi connectivity index (χ1) is 6.63. The second-order valence-electron chi connectivity index (χ2n) is 3.06. The van der Waals surface area contributed by atoms with Gasteiger partial charge in [-0.15, -0.1) is 23.7 Å². The van der Waals surface area contributed by atoms with Crippen LogP contribution in [0.15, 0.2) is 6.20 Å². The zero-order valence-corrected chi connectivity index (χ0v) is 10.7. The number of aryl methyl sites for hydroxylation is 1. The van der Waals surface area contributed by atoms with Crippen LogP contribution < -0.4 is 10.6 Å². The lowest BCUT2D eigenvalue weighted by Crippen LogP contribution is -2.40. The van der Waals surface area contributed by atoms with E-state index < -0.39 is 0 Å². The van der Waals surface area contributed by atoms with Crippen LogP contribution in [0.25, 0.3) is 0 Å². The van der Waals surface area contributed by atoms with Crippen molar-refractivity contribution in [2.45, 2.75) is 26.4 Å². The van der Waals surface area contributed by atoms with Crippen molar-refractivity contribution in [1.82, 2.24) is 15.6 Å². The van der Waals surface area contributed by atoms with Crippen molar-refractivity contribution in [2.75, 3.05) is 7.05 Å². The third-order valence-electron chi connectivity index (χ3n) is 1.89. The maximum absolute atomic E-state index is 11.2. The van der Waals surface area contributed by atoms with Crippen molar-refractivity contribution < 1.29 is 4.79 Å². The van der Waals surface area contributed by atoms with Gasteiger partial charge in [-0.2, -0.15) is 0 Å². The number of carbonyl (C=O) groups is 1. The second kappa shape index (κ2) is 6.76. The van der Waals surface area contributed by atoms with Crippen molar-refractivity contribution in [3.63, 3.8) is 0 Å². The number of nitrogens with zero attached hydrogens (tertiary/aromatic N) is 1. The molecule has 4 nitrogen and oxygen atoms in total. The molecule has 15 heavy (non-hydrogen) atoms. The van der Waals surface area contributed by atoms with E-state index in [1.165, 1.54) is 0 Å². The van der Waals surface area contributed by atoms with Crippen LogP contribution in [0.2, 0.25) is 0 Å². The molecule has 0 saturated carbocycles. The Labute approximate surface area is 99.9 Å². The Morgan fingerprint density at radius 1 is 1.67 bits per heavy atom. The largest absolute Gasteiger partial charge is 0.358 e. The number of likely N-dealkylation sites (N-methyl/N-ethyl adjacent to an activating group) is 1. The summed E-state index contributed by atoms with van der Waals surface area (Å²) in [4.78, 5) is 16.4. The summed E-state index contributed by atoms with van der Waals surface area (Å²) in [5.74, 6) is 0.00578. The Balaban J connectivity index is 0.00000196. The molecule has 0 aliphatic rings. The monoisotopic (exact) mass is 249 g/mol. The Morgan fingerprint density at radius 3 is 2.80 bits per heavy atom. The fourth-order valence-corrected chi connectivity index (χ4v) is 1.80. The number of rotatable bonds is 4. The van der Waals surface area contributed by atoms with Gasteiger partial charge in [0.05, 0.1) is 11.0 Å². The van der Waals surface area contributed by atoms with Gasteiger partial charge in [-0.1, -0.05) is 0 Å². The molecule has 0 aliphatic carbocycles. The minimum atomic E-state index is -0.164. The third-order valence-corrected chi connectivity index (χ3v) is 2.80. The molecule has 0 aliphatic heterocycles. The topological polar surface area (TPSA) is 54.0 Å². The summed E-state index contributed by atoms with van der Waals surface area (Å²) in [5.41, 5.74) is 0. The van der Waals surface area contributed by atoms with E-state index in [1.807, 2.05) is 20.0 Å². The highest BCUT2D eigenvalue weighted by Gasteiger charge is 2.09. The Morgan fingerprint density at radius 2 is 2.33 bits per heavy atom. The lowest BCUT2D eigenvalue weighted by molar-refractivity contribution is -0.122. The average molecular weight is 250 g/mol. The first-order valence-electron chi connectivity index (χ1n) is 4.49. The van der Waals surface area contributed by atoms with Gasteiger partial charge in [-0.05, 0) is 13.8 Å². The summed E-state index contributed by atoms with van der Waals surface area (Å²) < 4.78 is 0. The molecule has 1 heterocycles. The first kappa shape index (κ1) is 14.3. The summed E-state index contributed by atoms with van der Waals surface area (Å²) in [5, 5.41) is 6.76. The Hall–Kier alpha value is -0.650. The highest BCUT2D eigenvalue weighted by atomic mass is 35.5. The fraction of sp³-hybridized carbons (Fsp3) is 0.556. The molecule has 0 spiro atoms. The van der Waals surface area contributed by atoms with E-state index >= 15 is 0 Å². The van der Waals surface area contributed by atoms with E-state index in [2.05, 4.69) is 15.6 Å². The lowest BCUT2D eigenvalue weighted by Gasteiger charge is -2.10. The van der Waals surface area contributed by atoms with Crippen LogP contribution in [0.1, 0.15) is 16.8 Å². The average Bonchev–Trinajstić information content (AvgIpc) is 2.59. The van der Waals surface area contributed by atoms with Gasteiger partial charge in [0.1, 0.15) is 0 Å². The predicted molar refractivity (Wildman–Crippen MR) is 64.5 cm³/mol. The molecule has 0 fully saturated rings. The van der Waals surface area contributed by atoms with Crippen molar-refractivity contribution in [1.29, 1.82) is 0 Å². The summed E-state index contributed by atoms with van der Waals surface area (Å²) in [6.07, 6.45) is 1.84. The minimum absolute atomic E-state index is 0. The molecule has 2 N–H and O–H groups in total. The van der Waals surface area contributed by atoms with Crippen LogP contribution in [0, 0.1) is 6.92 Å². The zero-order chi connectivity index (χ0) is 10.6. The number of halogens is 1. The molecular weight excluding hydrogens is 234 g/mol. The zero-order valence-electron chi connectivity index (χ0n) is 9.03. The SMILES string of the molecule is CNC(=O)[C@@H](C)NCc1cnc(C)s1.Cl. The lowest BCUT2D eigenvalue weighted by atomic mass is 10.3. The molecule has 1 aromatic rings. The normalized spacial score (nSPS) is 11.7. The number of hydrogen-bond donors (Lipinski definition) is 2. The van der Waals surface area contributed by atoms with E-state index in [4.69, 9.17) is 0 Å². The van der Waals surface area contributed by atoms with Gasteiger partial charge in [0.25, 0.3) is 0 Å². The summed E-state index contributed by atoms with van der Waals surface area (Å²) in [6, 6.07) is -0.164. The van der Waals surface area contributed by atoms with Crippen LogP contribution in [-0.4, -0.2) is 24.0 Å². The fourth-order valence-electron chi connectivity index (χ4n) is 1.05. The molecule has 0 unspecified atom stereocenters. The van der Waals surface area contributed by atoms with Gasteiger partial charge in [0.2, 0.25) is 5.91 Å². The molecule has 0 saturated heterocycles. The van der Waals surface area contributed by atoms with Crippen LogP contribution in [-0.2, 0) is 11.3 Å². The molecule has 0 radical (unpaired) electrons. The van der Waals surface area contributed by atoms with Gasteiger partial charge < -0.3 is 10.6 Å². The number of aromatic nitrogens is 1. The number of carbonyl (C=O) groups excluding carboxylic acids is 1. The van der Waals surface area contributed by atoms with Gasteiger partial charge in [-0.3, -0.25) is 4.79 Å². The van der Waals surface area contributed by atoms with Crippen molar-refractivity contribution in [2.24, 2.45) is 0 Å².